The summed E-state index contributed by atoms with van der Waals surface area (Å²) in [5.74, 6) is 0. The predicted octanol–water partition coefficient (Wildman–Crippen LogP) is -2.37. The van der Waals surface area contributed by atoms with Gasteiger partial charge in [0.2, 0.25) is 0 Å². The van der Waals surface area contributed by atoms with E-state index in [9.17, 15) is 0 Å². The van der Waals surface area contributed by atoms with Crippen LogP contribution in [0.2, 0.25) is 0 Å². The molecule has 1 fully saturated rings. The Hall–Kier alpha value is 0.00883. The van der Waals surface area contributed by atoms with Crippen LogP contribution in [-0.4, -0.2) is 26.5 Å². The van der Waals surface area contributed by atoms with E-state index in [0.717, 1.165) is 0 Å². The molecule has 1 aliphatic heterocycles. The van der Waals surface area contributed by atoms with Gasteiger partial charge < -0.3 is 10.2 Å². The molecule has 0 aromatic rings. The quantitative estimate of drug-likeness (QED) is 0.151. The Bertz CT molecular complexity index is 45.5. The van der Waals surface area contributed by atoms with Crippen molar-refractivity contribution < 1.29 is 20.0 Å². The van der Waals surface area contributed by atoms with Gasteiger partial charge in [-0.2, -0.15) is 0 Å². The van der Waals surface area contributed by atoms with Crippen LogP contribution in [0.25, 0.3) is 0 Å². The fourth-order valence-electron chi connectivity index (χ4n) is 0.0373. The Balaban J connectivity index is 0.000000250. The normalized spacial score (nSPS) is 25.0. The topological polar surface area (TPSA) is 65.5 Å². The van der Waals surface area contributed by atoms with Crippen molar-refractivity contribution in [3.05, 3.63) is 0 Å². The van der Waals surface area contributed by atoms with Crippen LogP contribution in [0.15, 0.2) is 0 Å². The average Bonchev–Trinajstić information content (AvgIpc) is 1.76. The fourth-order valence-corrected chi connectivity index (χ4v) is 0.0373. The SMILES string of the molecule is OC1(O)OO1.[BeH2]. The van der Waals surface area contributed by atoms with Gasteiger partial charge in [0.25, 0.3) is 0 Å². The molecule has 0 unspecified atom stereocenters. The molecule has 0 aromatic carbocycles. The van der Waals surface area contributed by atoms with E-state index in [0.29, 0.717) is 0 Å². The molecule has 1 saturated heterocycles. The first-order valence-corrected chi connectivity index (χ1v) is 1.02. The zero-order valence-corrected chi connectivity index (χ0v) is 2.21. The summed E-state index contributed by atoms with van der Waals surface area (Å²) in [6, 6.07) is 0. The molecule has 4 nitrogen and oxygen atoms in total. The van der Waals surface area contributed by atoms with Crippen molar-refractivity contribution in [3.63, 3.8) is 0 Å². The number of rotatable bonds is 0. The summed E-state index contributed by atoms with van der Waals surface area (Å²) in [5, 5.41) is 15.5. The van der Waals surface area contributed by atoms with Gasteiger partial charge in [0.05, 0.1) is 0 Å². The molecule has 0 saturated carbocycles. The van der Waals surface area contributed by atoms with Crippen LogP contribution in [0.4, 0.5) is 0 Å². The van der Waals surface area contributed by atoms with Gasteiger partial charge >= 0.3 is 16.3 Å². The van der Waals surface area contributed by atoms with E-state index < -0.39 is 6.16 Å². The summed E-state index contributed by atoms with van der Waals surface area (Å²) in [7, 11) is 0. The summed E-state index contributed by atoms with van der Waals surface area (Å²) in [5.41, 5.74) is 0. The van der Waals surface area contributed by atoms with Crippen LogP contribution < -0.4 is 0 Å². The van der Waals surface area contributed by atoms with E-state index in [1.165, 1.54) is 0 Å². The molecule has 2 N–H and O–H groups in total. The Morgan fingerprint density at radius 2 is 1.33 bits per heavy atom. The monoisotopic (exact) mass is 89.0 g/mol. The van der Waals surface area contributed by atoms with E-state index >= 15 is 0 Å². The van der Waals surface area contributed by atoms with E-state index in [2.05, 4.69) is 9.78 Å². The Labute approximate surface area is 37.4 Å². The zero-order valence-electron chi connectivity index (χ0n) is 2.21. The first-order valence-electron chi connectivity index (χ1n) is 1.02. The van der Waals surface area contributed by atoms with Crippen LogP contribution in [0.1, 0.15) is 0 Å². The molecule has 0 aromatic heterocycles. The third-order valence-corrected chi connectivity index (χ3v) is 0.232. The summed E-state index contributed by atoms with van der Waals surface area (Å²) < 4.78 is 0. The van der Waals surface area contributed by atoms with E-state index in [-0.39, 0.29) is 10.1 Å². The van der Waals surface area contributed by atoms with Crippen LogP contribution in [0, 0.1) is 0 Å². The van der Waals surface area contributed by atoms with Gasteiger partial charge in [-0.05, 0) is 0 Å². The van der Waals surface area contributed by atoms with Crippen molar-refractivity contribution in [3.8, 4) is 0 Å². The van der Waals surface area contributed by atoms with E-state index in [1.54, 1.807) is 0 Å². The maximum absolute atomic E-state index is 7.74. The maximum atomic E-state index is 7.74. The van der Waals surface area contributed by atoms with Crippen molar-refractivity contribution in [1.29, 1.82) is 0 Å². The zero-order chi connectivity index (χ0) is 3.91. The molecule has 1 rings (SSSR count). The molecule has 0 atom stereocenters. The minimum atomic E-state index is -2.25. The van der Waals surface area contributed by atoms with Crippen LogP contribution in [-0.2, 0) is 9.78 Å². The van der Waals surface area contributed by atoms with E-state index in [4.69, 9.17) is 10.2 Å². The number of aliphatic hydroxyl groups is 2. The molecule has 0 amide bonds. The van der Waals surface area contributed by atoms with Crippen molar-refractivity contribution >= 4 is 10.1 Å². The second-order valence-corrected chi connectivity index (χ2v) is 0.715. The van der Waals surface area contributed by atoms with Gasteiger partial charge in [0.15, 0.2) is 0 Å². The van der Waals surface area contributed by atoms with Crippen LogP contribution >= 0.6 is 0 Å². The number of hydrogen-bond acceptors (Lipinski definition) is 4. The van der Waals surface area contributed by atoms with Crippen molar-refractivity contribution in [2.75, 3.05) is 0 Å². The molecule has 1 aliphatic rings. The summed E-state index contributed by atoms with van der Waals surface area (Å²) in [6.07, 6.45) is -2.25. The number of hydrogen-bond donors (Lipinski definition) is 2. The third-order valence-electron chi connectivity index (χ3n) is 0.232. The summed E-state index contributed by atoms with van der Waals surface area (Å²) >= 11 is 0. The van der Waals surface area contributed by atoms with Gasteiger partial charge in [-0.1, -0.05) is 0 Å². The molecular weight excluding hydrogens is 85.0 g/mol. The molecule has 0 aliphatic carbocycles. The van der Waals surface area contributed by atoms with Crippen molar-refractivity contribution in [2.45, 2.75) is 6.16 Å². The average molecular weight is 89.1 g/mol. The molecule has 0 spiro atoms. The van der Waals surface area contributed by atoms with Gasteiger partial charge in [-0.25, -0.2) is 0 Å². The molecule has 1 heterocycles. The van der Waals surface area contributed by atoms with Crippen molar-refractivity contribution in [2.24, 2.45) is 0 Å². The molecule has 0 radical (unpaired) electrons. The van der Waals surface area contributed by atoms with Crippen LogP contribution in [0.3, 0.4) is 0 Å². The standard InChI is InChI=1S/CH2O4.Be.2H/c2-1(3)4-5-1;;;/h2-3H;;;. The summed E-state index contributed by atoms with van der Waals surface area (Å²) in [4.78, 5) is 7.01. The Morgan fingerprint density at radius 1 is 1.17 bits per heavy atom. The molecular formula is CH4BeO4. The molecule has 34 valence electrons. The second-order valence-electron chi connectivity index (χ2n) is 0.715. The van der Waals surface area contributed by atoms with Gasteiger partial charge in [-0.3, -0.25) is 0 Å². The summed E-state index contributed by atoms with van der Waals surface area (Å²) in [6.45, 7) is 0. The first-order chi connectivity index (χ1) is 2.21. The molecule has 6 heavy (non-hydrogen) atoms. The van der Waals surface area contributed by atoms with Crippen molar-refractivity contribution in [1.82, 2.24) is 0 Å². The first kappa shape index (κ1) is 6.01. The Morgan fingerprint density at radius 3 is 1.33 bits per heavy atom. The third kappa shape index (κ3) is 1.45. The fraction of sp³-hybridized carbons (Fsp3) is 1.00. The van der Waals surface area contributed by atoms with Gasteiger partial charge in [0, 0.05) is 0 Å². The van der Waals surface area contributed by atoms with E-state index in [1.807, 2.05) is 0 Å². The van der Waals surface area contributed by atoms with Gasteiger partial charge in [0.1, 0.15) is 0 Å². The second kappa shape index (κ2) is 1.25. The van der Waals surface area contributed by atoms with Crippen LogP contribution in [0.5, 0.6) is 0 Å². The molecule has 5 heteroatoms. The molecule has 0 bridgehead atoms. The predicted molar refractivity (Wildman–Crippen MR) is 17.9 cm³/mol. The Kier molecular flexibility index (Phi) is 1.26. The minimum absolute atomic E-state index is 0. The van der Waals surface area contributed by atoms with Gasteiger partial charge in [-0.15, -0.1) is 9.78 Å².